The lowest BCUT2D eigenvalue weighted by Gasteiger charge is -2.35. The Morgan fingerprint density at radius 2 is 2.20 bits per heavy atom. The zero-order valence-corrected chi connectivity index (χ0v) is 14.6. The second-order valence-electron chi connectivity index (χ2n) is 6.87. The number of nitrogens with one attached hydrogen (secondary N) is 2. The Morgan fingerprint density at radius 3 is 2.92 bits per heavy atom. The van der Waals surface area contributed by atoms with E-state index in [4.69, 9.17) is 0 Å². The Morgan fingerprint density at radius 1 is 1.36 bits per heavy atom. The molecule has 4 rings (SSSR count). The third kappa shape index (κ3) is 2.59. The van der Waals surface area contributed by atoms with Gasteiger partial charge in [-0.3, -0.25) is 9.59 Å². The highest BCUT2D eigenvalue weighted by Crippen LogP contribution is 2.29. The summed E-state index contributed by atoms with van der Waals surface area (Å²) >= 11 is 0. The zero-order valence-electron chi connectivity index (χ0n) is 14.6. The van der Waals surface area contributed by atoms with Crippen molar-refractivity contribution in [2.24, 2.45) is 7.05 Å². The van der Waals surface area contributed by atoms with Crippen molar-refractivity contribution < 1.29 is 9.59 Å². The lowest BCUT2D eigenvalue weighted by atomic mass is 9.93. The molecule has 1 saturated heterocycles. The summed E-state index contributed by atoms with van der Waals surface area (Å²) in [6.07, 6.45) is 5.90. The Kier molecular flexibility index (Phi) is 3.95. The number of rotatable bonds is 2. The van der Waals surface area contributed by atoms with E-state index < -0.39 is 0 Å². The van der Waals surface area contributed by atoms with Crippen molar-refractivity contribution in [2.45, 2.75) is 32.2 Å². The lowest BCUT2D eigenvalue weighted by Crippen LogP contribution is -2.49. The summed E-state index contributed by atoms with van der Waals surface area (Å²) in [4.78, 5) is 35.1. The molecule has 1 amide bonds. The number of aryl methyl sites for hydroxylation is 2. The molecule has 2 aromatic rings. The van der Waals surface area contributed by atoms with Gasteiger partial charge in [-0.05, 0) is 25.3 Å². The Bertz CT molecular complexity index is 835. The minimum atomic E-state index is -0.114. The quantitative estimate of drug-likeness (QED) is 0.864. The van der Waals surface area contributed by atoms with E-state index in [0.29, 0.717) is 25.2 Å². The van der Waals surface area contributed by atoms with Gasteiger partial charge in [0.15, 0.2) is 5.78 Å². The van der Waals surface area contributed by atoms with E-state index in [1.165, 1.54) is 0 Å². The van der Waals surface area contributed by atoms with Crippen molar-refractivity contribution in [1.82, 2.24) is 24.8 Å². The van der Waals surface area contributed by atoms with Gasteiger partial charge in [0.05, 0.1) is 0 Å². The highest BCUT2D eigenvalue weighted by atomic mass is 16.2. The van der Waals surface area contributed by atoms with Crippen molar-refractivity contribution in [3.8, 4) is 0 Å². The zero-order chi connectivity index (χ0) is 17.6. The van der Waals surface area contributed by atoms with Gasteiger partial charge in [0.2, 0.25) is 0 Å². The highest BCUT2D eigenvalue weighted by molar-refractivity contribution is 6.04. The van der Waals surface area contributed by atoms with Crippen LogP contribution < -0.4 is 5.32 Å². The maximum atomic E-state index is 13.3. The molecule has 2 aromatic heterocycles. The number of aromatic amines is 1. The molecule has 0 spiro atoms. The smallest absolute Gasteiger partial charge is 0.271 e. The van der Waals surface area contributed by atoms with Crippen LogP contribution in [-0.4, -0.2) is 50.8 Å². The van der Waals surface area contributed by atoms with Crippen LogP contribution in [0.2, 0.25) is 0 Å². The number of hydrogen-bond donors (Lipinski definition) is 2. The van der Waals surface area contributed by atoms with Crippen LogP contribution in [0.4, 0.5) is 0 Å². The van der Waals surface area contributed by atoms with E-state index in [0.717, 1.165) is 42.0 Å². The summed E-state index contributed by atoms with van der Waals surface area (Å²) in [5.41, 5.74) is 3.00. The molecule has 7 heteroatoms. The number of aromatic nitrogens is 3. The van der Waals surface area contributed by atoms with Gasteiger partial charge in [0, 0.05) is 56.8 Å². The molecular weight excluding hydrogens is 318 g/mol. The average molecular weight is 341 g/mol. The summed E-state index contributed by atoms with van der Waals surface area (Å²) in [5, 5.41) is 3.35. The summed E-state index contributed by atoms with van der Waals surface area (Å²) in [5.74, 6) is 0.967. The fourth-order valence-electron chi connectivity index (χ4n) is 4.01. The number of piperazine rings is 1. The summed E-state index contributed by atoms with van der Waals surface area (Å²) in [6, 6.07) is -0.114. The van der Waals surface area contributed by atoms with Crippen molar-refractivity contribution >= 4 is 11.7 Å². The van der Waals surface area contributed by atoms with Crippen LogP contribution in [0.25, 0.3) is 0 Å². The molecule has 132 valence electrons. The number of fused-ring (bicyclic) bond motifs is 1. The van der Waals surface area contributed by atoms with Crippen molar-refractivity contribution in [3.05, 3.63) is 40.7 Å². The molecule has 25 heavy (non-hydrogen) atoms. The number of Topliss-reactive ketones (excluding diaryl/α,β-unsaturated/α-hetero) is 1. The molecule has 0 saturated carbocycles. The molecule has 0 aromatic carbocycles. The number of H-pyrrole nitrogens is 1. The second kappa shape index (κ2) is 6.15. The molecule has 7 nitrogen and oxygen atoms in total. The number of amides is 1. The van der Waals surface area contributed by atoms with Gasteiger partial charge in [-0.2, -0.15) is 0 Å². The van der Waals surface area contributed by atoms with Gasteiger partial charge >= 0.3 is 0 Å². The predicted octanol–water partition coefficient (Wildman–Crippen LogP) is 1.36. The van der Waals surface area contributed by atoms with Gasteiger partial charge < -0.3 is 19.8 Å². The first-order valence-corrected chi connectivity index (χ1v) is 8.81. The van der Waals surface area contributed by atoms with Gasteiger partial charge in [0.25, 0.3) is 5.91 Å². The average Bonchev–Trinajstić information content (AvgIpc) is 3.18. The first-order chi connectivity index (χ1) is 12.1. The van der Waals surface area contributed by atoms with Crippen LogP contribution in [0.5, 0.6) is 0 Å². The number of nitrogens with zero attached hydrogens (tertiary/aromatic N) is 3. The number of hydrogen-bond acceptors (Lipinski definition) is 4. The first kappa shape index (κ1) is 16.1. The monoisotopic (exact) mass is 341 g/mol. The molecule has 1 aliphatic carbocycles. The maximum Gasteiger partial charge on any atom is 0.271 e. The van der Waals surface area contributed by atoms with Gasteiger partial charge in [0.1, 0.15) is 17.6 Å². The van der Waals surface area contributed by atoms with Gasteiger partial charge in [-0.15, -0.1) is 0 Å². The van der Waals surface area contributed by atoms with Crippen LogP contribution in [-0.2, 0) is 13.5 Å². The molecule has 3 heterocycles. The third-order valence-corrected chi connectivity index (χ3v) is 5.31. The molecule has 2 aliphatic rings. The van der Waals surface area contributed by atoms with Crippen LogP contribution >= 0.6 is 0 Å². The predicted molar refractivity (Wildman–Crippen MR) is 92.7 cm³/mol. The normalized spacial score (nSPS) is 20.6. The maximum absolute atomic E-state index is 13.3. The van der Waals surface area contributed by atoms with Gasteiger partial charge in [-0.1, -0.05) is 0 Å². The van der Waals surface area contributed by atoms with E-state index in [2.05, 4.69) is 15.3 Å². The number of carbonyl (C=O) groups is 2. The summed E-state index contributed by atoms with van der Waals surface area (Å²) < 4.78 is 1.95. The van der Waals surface area contributed by atoms with Crippen LogP contribution in [0.3, 0.4) is 0 Å². The third-order valence-electron chi connectivity index (χ3n) is 5.31. The molecule has 0 radical (unpaired) electrons. The van der Waals surface area contributed by atoms with Crippen LogP contribution in [0, 0.1) is 6.92 Å². The molecule has 1 atom stereocenters. The van der Waals surface area contributed by atoms with Crippen molar-refractivity contribution in [2.75, 3.05) is 19.6 Å². The first-order valence-electron chi connectivity index (χ1n) is 8.81. The van der Waals surface area contributed by atoms with E-state index in [1.807, 2.05) is 29.6 Å². The molecule has 1 fully saturated rings. The fourth-order valence-corrected chi connectivity index (χ4v) is 4.01. The molecule has 1 unspecified atom stereocenters. The molecule has 2 N–H and O–H groups in total. The van der Waals surface area contributed by atoms with Crippen LogP contribution in [0.1, 0.15) is 56.8 Å². The van der Waals surface area contributed by atoms with Gasteiger partial charge in [-0.25, -0.2) is 4.98 Å². The number of ketones is 1. The van der Waals surface area contributed by atoms with Crippen molar-refractivity contribution in [3.63, 3.8) is 0 Å². The summed E-state index contributed by atoms with van der Waals surface area (Å²) in [7, 11) is 1.94. The number of imidazole rings is 1. The largest absolute Gasteiger partial charge is 0.354 e. The minimum absolute atomic E-state index is 0.0470. The lowest BCUT2D eigenvalue weighted by molar-refractivity contribution is 0.0614. The van der Waals surface area contributed by atoms with E-state index in [9.17, 15) is 9.59 Å². The van der Waals surface area contributed by atoms with E-state index in [-0.39, 0.29) is 17.7 Å². The standard InChI is InChI=1S/C18H23N5O2/c1-11-15-12(4-3-5-14(15)24)21-16(11)18(25)23-9-6-19-10-13(23)17-20-7-8-22(17)2/h7-8,13,19,21H,3-6,9-10H2,1-2H3. The van der Waals surface area contributed by atoms with E-state index >= 15 is 0 Å². The minimum Gasteiger partial charge on any atom is -0.354 e. The SMILES string of the molecule is Cc1c(C(=O)N2CCNCC2c2nccn2C)[nH]c2c1C(=O)CCC2. The molecule has 0 bridgehead atoms. The highest BCUT2D eigenvalue weighted by Gasteiger charge is 2.34. The molecular formula is C18H23N5O2. The number of carbonyl (C=O) groups excluding carboxylic acids is 2. The second-order valence-corrected chi connectivity index (χ2v) is 6.87. The topological polar surface area (TPSA) is 83.0 Å². The summed E-state index contributed by atoms with van der Waals surface area (Å²) in [6.45, 7) is 3.93. The van der Waals surface area contributed by atoms with E-state index in [1.54, 1.807) is 6.20 Å². The van der Waals surface area contributed by atoms with Crippen LogP contribution in [0.15, 0.2) is 12.4 Å². The molecule has 1 aliphatic heterocycles. The Hall–Kier alpha value is -2.41. The Balaban J connectivity index is 1.70. The fraction of sp³-hybridized carbons (Fsp3) is 0.500. The Labute approximate surface area is 146 Å². The van der Waals surface area contributed by atoms with Crippen molar-refractivity contribution in [1.29, 1.82) is 0 Å².